The molecule has 4 nitrogen and oxygen atoms in total. The molecular weight excluding hydrogens is 241 g/mol. The number of alkyl halides is 3. The number of rotatable bonds is 4. The molecule has 0 aliphatic heterocycles. The molecule has 0 atom stereocenters. The van der Waals surface area contributed by atoms with Crippen molar-refractivity contribution in [2.75, 3.05) is 13.7 Å². The highest BCUT2D eigenvalue weighted by molar-refractivity contribution is 5.73. The van der Waals surface area contributed by atoms with E-state index in [4.69, 9.17) is 4.74 Å². The molecule has 0 fully saturated rings. The third-order valence-corrected chi connectivity index (χ3v) is 1.55. The van der Waals surface area contributed by atoms with Crippen molar-refractivity contribution in [2.24, 2.45) is 0 Å². The zero-order chi connectivity index (χ0) is 12.9. The normalized spacial score (nSPS) is 11.1. The second-order valence-corrected chi connectivity index (χ2v) is 2.93. The van der Waals surface area contributed by atoms with Gasteiger partial charge in [-0.2, -0.15) is 0 Å². The molecule has 0 unspecified atom stereocenters. The number of hydrogen-bond donors (Lipinski definition) is 0. The SMILES string of the molecule is COCC(=O)Oc1ccc(OC(F)(F)F)cc1. The minimum absolute atomic E-state index is 0.113. The molecule has 0 aliphatic carbocycles. The van der Waals surface area contributed by atoms with Crippen molar-refractivity contribution in [1.82, 2.24) is 0 Å². The highest BCUT2D eigenvalue weighted by Gasteiger charge is 2.30. The van der Waals surface area contributed by atoms with Crippen molar-refractivity contribution in [3.8, 4) is 11.5 Å². The Balaban J connectivity index is 2.59. The topological polar surface area (TPSA) is 44.8 Å². The lowest BCUT2D eigenvalue weighted by Crippen LogP contribution is -2.17. The van der Waals surface area contributed by atoms with Crippen LogP contribution in [0.4, 0.5) is 13.2 Å². The van der Waals surface area contributed by atoms with Crippen LogP contribution in [0.5, 0.6) is 11.5 Å². The van der Waals surface area contributed by atoms with Gasteiger partial charge in [0.25, 0.3) is 0 Å². The zero-order valence-electron chi connectivity index (χ0n) is 8.78. The first-order chi connectivity index (χ1) is 7.90. The van der Waals surface area contributed by atoms with Crippen LogP contribution in [0.2, 0.25) is 0 Å². The quantitative estimate of drug-likeness (QED) is 0.606. The van der Waals surface area contributed by atoms with Gasteiger partial charge in [0.1, 0.15) is 18.1 Å². The maximum absolute atomic E-state index is 11.8. The van der Waals surface area contributed by atoms with E-state index in [1.54, 1.807) is 0 Å². The molecule has 0 aliphatic rings. The van der Waals surface area contributed by atoms with Crippen molar-refractivity contribution in [3.05, 3.63) is 24.3 Å². The molecular formula is C10H9F3O4. The second-order valence-electron chi connectivity index (χ2n) is 2.93. The molecule has 0 saturated heterocycles. The van der Waals surface area contributed by atoms with Gasteiger partial charge in [0.05, 0.1) is 0 Å². The summed E-state index contributed by atoms with van der Waals surface area (Å²) in [5.41, 5.74) is 0. The Morgan fingerprint density at radius 1 is 1.18 bits per heavy atom. The van der Waals surface area contributed by atoms with Gasteiger partial charge in [-0.05, 0) is 24.3 Å². The van der Waals surface area contributed by atoms with Crippen molar-refractivity contribution >= 4 is 5.97 Å². The van der Waals surface area contributed by atoms with Gasteiger partial charge in [-0.25, -0.2) is 4.79 Å². The van der Waals surface area contributed by atoms with Gasteiger partial charge in [-0.15, -0.1) is 13.2 Å². The maximum Gasteiger partial charge on any atom is 0.573 e. The summed E-state index contributed by atoms with van der Waals surface area (Å²) in [7, 11) is 1.32. The minimum Gasteiger partial charge on any atom is -0.425 e. The Morgan fingerprint density at radius 3 is 2.18 bits per heavy atom. The lowest BCUT2D eigenvalue weighted by Gasteiger charge is -2.09. The lowest BCUT2D eigenvalue weighted by molar-refractivity contribution is -0.274. The van der Waals surface area contributed by atoms with E-state index in [-0.39, 0.29) is 18.1 Å². The molecule has 0 spiro atoms. The van der Waals surface area contributed by atoms with Crippen LogP contribution >= 0.6 is 0 Å². The Labute approximate surface area is 94.9 Å². The minimum atomic E-state index is -4.74. The highest BCUT2D eigenvalue weighted by atomic mass is 19.4. The molecule has 94 valence electrons. The van der Waals surface area contributed by atoms with Crippen LogP contribution in [0.3, 0.4) is 0 Å². The number of ether oxygens (including phenoxy) is 3. The van der Waals surface area contributed by atoms with Gasteiger partial charge >= 0.3 is 12.3 Å². The summed E-state index contributed by atoms with van der Waals surface area (Å²) in [6, 6.07) is 4.47. The van der Waals surface area contributed by atoms with Crippen LogP contribution in [0.25, 0.3) is 0 Å². The van der Waals surface area contributed by atoms with Crippen molar-refractivity contribution in [2.45, 2.75) is 6.36 Å². The number of carbonyl (C=O) groups excluding carboxylic acids is 1. The van der Waals surface area contributed by atoms with E-state index in [2.05, 4.69) is 9.47 Å². The maximum atomic E-state index is 11.8. The fourth-order valence-electron chi connectivity index (χ4n) is 0.988. The monoisotopic (exact) mass is 250 g/mol. The molecule has 7 heteroatoms. The Kier molecular flexibility index (Phi) is 4.33. The Hall–Kier alpha value is -1.76. The summed E-state index contributed by atoms with van der Waals surface area (Å²) in [6.45, 7) is -0.235. The number of benzene rings is 1. The van der Waals surface area contributed by atoms with Gasteiger partial charge in [0.15, 0.2) is 0 Å². The Morgan fingerprint density at radius 2 is 1.71 bits per heavy atom. The predicted molar refractivity (Wildman–Crippen MR) is 50.6 cm³/mol. The first-order valence-electron chi connectivity index (χ1n) is 4.46. The molecule has 0 radical (unpaired) electrons. The van der Waals surface area contributed by atoms with E-state index >= 15 is 0 Å². The largest absolute Gasteiger partial charge is 0.573 e. The molecule has 0 saturated carbocycles. The van der Waals surface area contributed by atoms with E-state index in [1.165, 1.54) is 19.2 Å². The van der Waals surface area contributed by atoms with Gasteiger partial charge in [-0.1, -0.05) is 0 Å². The number of methoxy groups -OCH3 is 1. The van der Waals surface area contributed by atoms with Gasteiger partial charge < -0.3 is 14.2 Å². The molecule has 0 amide bonds. The fraction of sp³-hybridized carbons (Fsp3) is 0.300. The third kappa shape index (κ3) is 5.21. The molecule has 0 aromatic heterocycles. The lowest BCUT2D eigenvalue weighted by atomic mass is 10.3. The van der Waals surface area contributed by atoms with Crippen molar-refractivity contribution in [1.29, 1.82) is 0 Å². The number of hydrogen-bond acceptors (Lipinski definition) is 4. The van der Waals surface area contributed by atoms with Gasteiger partial charge in [0.2, 0.25) is 0 Å². The van der Waals surface area contributed by atoms with E-state index in [9.17, 15) is 18.0 Å². The predicted octanol–water partition coefficient (Wildman–Crippen LogP) is 2.14. The summed E-state index contributed by atoms with van der Waals surface area (Å²) >= 11 is 0. The van der Waals surface area contributed by atoms with Crippen molar-refractivity contribution < 1.29 is 32.2 Å². The van der Waals surface area contributed by atoms with Crippen LogP contribution in [0.1, 0.15) is 0 Å². The van der Waals surface area contributed by atoms with Gasteiger partial charge in [-0.3, -0.25) is 0 Å². The van der Waals surface area contributed by atoms with Crippen molar-refractivity contribution in [3.63, 3.8) is 0 Å². The molecule has 1 aromatic rings. The molecule has 1 rings (SSSR count). The summed E-state index contributed by atoms with van der Waals surface area (Å²) in [5.74, 6) is -0.914. The summed E-state index contributed by atoms with van der Waals surface area (Å²) in [6.07, 6.45) is -4.74. The molecule has 0 N–H and O–H groups in total. The number of halogens is 3. The first-order valence-corrected chi connectivity index (χ1v) is 4.46. The second kappa shape index (κ2) is 5.53. The van der Waals surface area contributed by atoms with E-state index in [1.807, 2.05) is 0 Å². The van der Waals surface area contributed by atoms with Crippen LogP contribution in [-0.4, -0.2) is 26.0 Å². The Bertz CT molecular complexity index is 372. The summed E-state index contributed by atoms with van der Waals surface area (Å²) < 4.78 is 48.4. The smallest absolute Gasteiger partial charge is 0.425 e. The molecule has 0 heterocycles. The molecule has 17 heavy (non-hydrogen) atoms. The number of carbonyl (C=O) groups is 1. The van der Waals surface area contributed by atoms with Gasteiger partial charge in [0, 0.05) is 7.11 Å². The average Bonchev–Trinajstić information content (AvgIpc) is 2.19. The standard InChI is InChI=1S/C10H9F3O4/c1-15-6-9(14)16-7-2-4-8(5-3-7)17-10(11,12)13/h2-5H,6H2,1H3. The van der Waals surface area contributed by atoms with E-state index < -0.39 is 12.3 Å². The average molecular weight is 250 g/mol. The molecule has 0 bridgehead atoms. The molecule has 1 aromatic carbocycles. The summed E-state index contributed by atoms with van der Waals surface area (Å²) in [4.78, 5) is 11.0. The van der Waals surface area contributed by atoms with Crippen LogP contribution < -0.4 is 9.47 Å². The fourth-order valence-corrected chi connectivity index (χ4v) is 0.988. The highest BCUT2D eigenvalue weighted by Crippen LogP contribution is 2.24. The summed E-state index contributed by atoms with van der Waals surface area (Å²) in [5, 5.41) is 0. The van der Waals surface area contributed by atoms with Crippen LogP contribution in [0.15, 0.2) is 24.3 Å². The van der Waals surface area contributed by atoms with E-state index in [0.717, 1.165) is 12.1 Å². The van der Waals surface area contributed by atoms with Crippen LogP contribution in [0, 0.1) is 0 Å². The first kappa shape index (κ1) is 13.3. The third-order valence-electron chi connectivity index (χ3n) is 1.55. The number of esters is 1. The zero-order valence-corrected chi connectivity index (χ0v) is 8.78. The van der Waals surface area contributed by atoms with E-state index in [0.29, 0.717) is 0 Å². The van der Waals surface area contributed by atoms with Crippen LogP contribution in [-0.2, 0) is 9.53 Å².